The largest absolute Gasteiger partial charge is 0.349 e. The van der Waals surface area contributed by atoms with Crippen LogP contribution < -0.4 is 5.69 Å². The fraction of sp³-hybridized carbons (Fsp3) is 0.238. The van der Waals surface area contributed by atoms with Gasteiger partial charge in [0.1, 0.15) is 10.8 Å². The molecule has 0 spiro atoms. The van der Waals surface area contributed by atoms with Crippen LogP contribution >= 0.6 is 11.8 Å². The maximum atomic E-state index is 13.0. The number of thioether (sulfide) groups is 1. The molecular weight excluding hydrogens is 377 g/mol. The van der Waals surface area contributed by atoms with Gasteiger partial charge < -0.3 is 0 Å². The lowest BCUT2D eigenvalue weighted by atomic mass is 10.1. The van der Waals surface area contributed by atoms with Gasteiger partial charge in [-0.3, -0.25) is 14.3 Å². The normalized spacial score (nSPS) is 12.8. The topological polar surface area (TPSA) is 64.8 Å². The average molecular weight is 395 g/mol. The first-order chi connectivity index (χ1) is 13.6. The van der Waals surface area contributed by atoms with Crippen molar-refractivity contribution >= 4 is 17.5 Å². The second-order valence-corrected chi connectivity index (χ2v) is 7.61. The molecule has 4 rings (SSSR count). The van der Waals surface area contributed by atoms with Crippen LogP contribution in [0, 0.1) is 5.82 Å². The zero-order chi connectivity index (χ0) is 19.5. The molecule has 1 aromatic carbocycles. The molecule has 0 amide bonds. The summed E-state index contributed by atoms with van der Waals surface area (Å²) in [6.07, 6.45) is 6.09. The van der Waals surface area contributed by atoms with Gasteiger partial charge in [0.05, 0.1) is 12.3 Å². The van der Waals surface area contributed by atoms with Crippen molar-refractivity contribution in [2.75, 3.05) is 5.75 Å². The number of hydrogen-bond donors (Lipinski definition) is 0. The van der Waals surface area contributed by atoms with Crippen molar-refractivity contribution in [3.05, 3.63) is 87.5 Å². The minimum atomic E-state index is -0.374. The Morgan fingerprint density at radius 3 is 2.75 bits per heavy atom. The van der Waals surface area contributed by atoms with Crippen molar-refractivity contribution in [1.82, 2.24) is 14.5 Å². The van der Waals surface area contributed by atoms with Gasteiger partial charge in [-0.1, -0.05) is 17.8 Å². The molecule has 1 aliphatic rings. The number of carbonyl (C=O) groups excluding carboxylic acids is 1. The van der Waals surface area contributed by atoms with Crippen molar-refractivity contribution in [2.45, 2.75) is 30.8 Å². The maximum Gasteiger partial charge on any atom is 0.349 e. The first-order valence-corrected chi connectivity index (χ1v) is 10.0. The molecule has 2 heterocycles. The molecule has 3 aromatic rings. The van der Waals surface area contributed by atoms with Crippen molar-refractivity contribution in [2.24, 2.45) is 0 Å². The lowest BCUT2D eigenvalue weighted by Crippen LogP contribution is -2.28. The van der Waals surface area contributed by atoms with Gasteiger partial charge in [0.2, 0.25) is 0 Å². The van der Waals surface area contributed by atoms with E-state index in [0.717, 1.165) is 36.1 Å². The third-order valence-corrected chi connectivity index (χ3v) is 5.79. The van der Waals surface area contributed by atoms with E-state index >= 15 is 0 Å². The molecule has 142 valence electrons. The number of hydrogen-bond acceptors (Lipinski definition) is 5. The van der Waals surface area contributed by atoms with Gasteiger partial charge in [0, 0.05) is 29.2 Å². The summed E-state index contributed by atoms with van der Waals surface area (Å²) >= 11 is 1.28. The lowest BCUT2D eigenvalue weighted by molar-refractivity contribution is 0.102. The minimum absolute atomic E-state index is 0.113. The molecule has 0 fully saturated rings. The molecule has 0 saturated heterocycles. The summed E-state index contributed by atoms with van der Waals surface area (Å²) in [5.74, 6) is -0.323. The zero-order valence-electron chi connectivity index (χ0n) is 15.1. The van der Waals surface area contributed by atoms with Crippen LogP contribution in [-0.4, -0.2) is 26.1 Å². The van der Waals surface area contributed by atoms with Crippen LogP contribution in [0.3, 0.4) is 0 Å². The van der Waals surface area contributed by atoms with Crippen molar-refractivity contribution in [3.63, 3.8) is 0 Å². The molecule has 28 heavy (non-hydrogen) atoms. The number of aromatic nitrogens is 3. The fourth-order valence-corrected chi connectivity index (χ4v) is 4.37. The highest BCUT2D eigenvalue weighted by Gasteiger charge is 2.22. The van der Waals surface area contributed by atoms with Crippen LogP contribution in [0.2, 0.25) is 0 Å². The van der Waals surface area contributed by atoms with Crippen LogP contribution in [-0.2, 0) is 19.4 Å². The minimum Gasteiger partial charge on any atom is -0.293 e. The molecule has 0 bridgehead atoms. The van der Waals surface area contributed by atoms with E-state index in [-0.39, 0.29) is 23.0 Å². The zero-order valence-corrected chi connectivity index (χ0v) is 15.9. The number of benzene rings is 1. The second-order valence-electron chi connectivity index (χ2n) is 6.64. The van der Waals surface area contributed by atoms with E-state index in [9.17, 15) is 14.0 Å². The quantitative estimate of drug-likeness (QED) is 0.364. The van der Waals surface area contributed by atoms with E-state index in [4.69, 9.17) is 0 Å². The predicted molar refractivity (Wildman–Crippen MR) is 105 cm³/mol. The van der Waals surface area contributed by atoms with E-state index in [1.807, 2.05) is 12.1 Å². The van der Waals surface area contributed by atoms with Gasteiger partial charge in [0.25, 0.3) is 0 Å². The van der Waals surface area contributed by atoms with Crippen molar-refractivity contribution in [1.29, 1.82) is 0 Å². The van der Waals surface area contributed by atoms with E-state index in [1.165, 1.54) is 36.0 Å². The van der Waals surface area contributed by atoms with Gasteiger partial charge in [-0.2, -0.15) is 4.98 Å². The monoisotopic (exact) mass is 395 g/mol. The predicted octanol–water partition coefficient (Wildman–Crippen LogP) is 3.29. The summed E-state index contributed by atoms with van der Waals surface area (Å²) in [5, 5.41) is 0.635. The molecule has 0 N–H and O–H groups in total. The Balaban J connectivity index is 1.56. The molecular formula is C21H18FN3O2S. The Labute approximate surface area is 165 Å². The molecule has 2 aromatic heterocycles. The van der Waals surface area contributed by atoms with Crippen LogP contribution in [0.4, 0.5) is 4.39 Å². The number of nitrogens with zero attached hydrogens (tertiary/aromatic N) is 3. The molecule has 7 heteroatoms. The van der Waals surface area contributed by atoms with Gasteiger partial charge in [0.15, 0.2) is 5.78 Å². The molecule has 0 saturated carbocycles. The average Bonchev–Trinajstić information content (AvgIpc) is 3.20. The summed E-state index contributed by atoms with van der Waals surface area (Å²) in [6.45, 7) is 0.446. The van der Waals surface area contributed by atoms with Crippen molar-refractivity contribution in [3.8, 4) is 0 Å². The van der Waals surface area contributed by atoms with Crippen LogP contribution in [0.25, 0.3) is 0 Å². The Morgan fingerprint density at radius 2 is 2.00 bits per heavy atom. The number of Topliss-reactive ketones (excluding diaryl/α,β-unsaturated/α-hetero) is 1. The Kier molecular flexibility index (Phi) is 5.34. The van der Waals surface area contributed by atoms with E-state index in [1.54, 1.807) is 17.0 Å². The third-order valence-electron chi connectivity index (χ3n) is 4.77. The summed E-state index contributed by atoms with van der Waals surface area (Å²) in [7, 11) is 0. The first-order valence-electron chi connectivity index (χ1n) is 9.05. The van der Waals surface area contributed by atoms with E-state index in [0.29, 0.717) is 17.1 Å². The first kappa shape index (κ1) is 18.6. The highest BCUT2D eigenvalue weighted by molar-refractivity contribution is 8.00. The number of carbonyl (C=O) groups is 1. The molecule has 1 aliphatic carbocycles. The molecule has 0 radical (unpaired) electrons. The van der Waals surface area contributed by atoms with Crippen molar-refractivity contribution < 1.29 is 9.18 Å². The Bertz CT molecular complexity index is 1070. The summed E-state index contributed by atoms with van der Waals surface area (Å²) < 4.78 is 14.7. The number of pyridine rings is 1. The van der Waals surface area contributed by atoms with Crippen LogP contribution in [0.1, 0.15) is 33.6 Å². The number of halogens is 1. The van der Waals surface area contributed by atoms with Crippen LogP contribution in [0.15, 0.2) is 58.6 Å². The molecule has 0 unspecified atom stereocenters. The second kappa shape index (κ2) is 8.06. The van der Waals surface area contributed by atoms with Crippen LogP contribution in [0.5, 0.6) is 0 Å². The van der Waals surface area contributed by atoms with Gasteiger partial charge in [-0.05, 0) is 55.2 Å². The summed E-state index contributed by atoms with van der Waals surface area (Å²) in [6, 6.07) is 9.27. The lowest BCUT2D eigenvalue weighted by Gasteiger charge is -2.14. The fourth-order valence-electron chi connectivity index (χ4n) is 3.40. The third kappa shape index (κ3) is 3.89. The molecule has 0 aliphatic heterocycles. The van der Waals surface area contributed by atoms with E-state index in [2.05, 4.69) is 9.97 Å². The Morgan fingerprint density at radius 1 is 1.18 bits per heavy atom. The van der Waals surface area contributed by atoms with E-state index < -0.39 is 0 Å². The number of rotatable bonds is 6. The van der Waals surface area contributed by atoms with Gasteiger partial charge in [-0.15, -0.1) is 0 Å². The Hall–Kier alpha value is -2.80. The summed E-state index contributed by atoms with van der Waals surface area (Å²) in [4.78, 5) is 33.4. The molecule has 0 atom stereocenters. The summed E-state index contributed by atoms with van der Waals surface area (Å²) in [5.41, 5.74) is 3.16. The highest BCUT2D eigenvalue weighted by atomic mass is 32.2. The molecule has 5 nitrogen and oxygen atoms in total. The number of fused-ring (bicyclic) bond motifs is 1. The standard InChI is InChI=1S/C21H18FN3O2S/c22-16-8-6-15(7-9-16)19(26)13-28-20-17-4-1-5-18(17)25(21(27)24-20)12-14-3-2-10-23-11-14/h2-3,6-11H,1,4-5,12-13H2. The highest BCUT2D eigenvalue weighted by Crippen LogP contribution is 2.29. The van der Waals surface area contributed by atoms with Gasteiger partial charge in [-0.25, -0.2) is 9.18 Å². The maximum absolute atomic E-state index is 13.0. The SMILES string of the molecule is O=C(CSc1nc(=O)n(Cc2cccnc2)c2c1CCC2)c1ccc(F)cc1. The smallest absolute Gasteiger partial charge is 0.293 e. The number of ketones is 1. The van der Waals surface area contributed by atoms with Gasteiger partial charge >= 0.3 is 5.69 Å².